The maximum absolute atomic E-state index is 12.5. The highest BCUT2D eigenvalue weighted by Gasteiger charge is 2.19. The van der Waals surface area contributed by atoms with E-state index in [0.29, 0.717) is 6.61 Å². The van der Waals surface area contributed by atoms with Gasteiger partial charge < -0.3 is 9.84 Å². The smallest absolute Gasteiger partial charge is 0.308 e. The SMILES string of the molecule is CCCCCCCCC(CCCCCC)C(=O)OCCCCCCCC(=O)O. The number of hydrogen-bond donors (Lipinski definition) is 1. The van der Waals surface area contributed by atoms with Crippen LogP contribution in [0.5, 0.6) is 0 Å². The van der Waals surface area contributed by atoms with Gasteiger partial charge in [0.15, 0.2) is 0 Å². The van der Waals surface area contributed by atoms with E-state index in [2.05, 4.69) is 13.8 Å². The largest absolute Gasteiger partial charge is 0.481 e. The lowest BCUT2D eigenvalue weighted by atomic mass is 9.94. The van der Waals surface area contributed by atoms with Crippen molar-refractivity contribution in [2.75, 3.05) is 6.61 Å². The number of ether oxygens (including phenoxy) is 1. The van der Waals surface area contributed by atoms with Crippen LogP contribution in [0, 0.1) is 5.92 Å². The Morgan fingerprint density at radius 2 is 1.14 bits per heavy atom. The number of unbranched alkanes of at least 4 members (excludes halogenated alkanes) is 12. The molecule has 4 nitrogen and oxygen atoms in total. The quantitative estimate of drug-likeness (QED) is 0.163. The Kier molecular flexibility index (Phi) is 19.9. The molecule has 0 fully saturated rings. The lowest BCUT2D eigenvalue weighted by molar-refractivity contribution is -0.149. The van der Waals surface area contributed by atoms with Crippen molar-refractivity contribution in [3.63, 3.8) is 0 Å². The molecular formula is C24H46O4. The number of esters is 1. The molecule has 1 N–H and O–H groups in total. The summed E-state index contributed by atoms with van der Waals surface area (Å²) in [5.74, 6) is -0.626. The van der Waals surface area contributed by atoms with E-state index < -0.39 is 5.97 Å². The third kappa shape index (κ3) is 18.3. The summed E-state index contributed by atoms with van der Waals surface area (Å²) in [7, 11) is 0. The van der Waals surface area contributed by atoms with E-state index in [9.17, 15) is 9.59 Å². The molecule has 0 radical (unpaired) electrons. The number of carbonyl (C=O) groups excluding carboxylic acids is 1. The van der Waals surface area contributed by atoms with Gasteiger partial charge in [0.05, 0.1) is 12.5 Å². The van der Waals surface area contributed by atoms with Gasteiger partial charge >= 0.3 is 11.9 Å². The molecule has 0 heterocycles. The Labute approximate surface area is 173 Å². The van der Waals surface area contributed by atoms with Crippen LogP contribution in [0.1, 0.15) is 129 Å². The second kappa shape index (κ2) is 20.7. The third-order valence-electron chi connectivity index (χ3n) is 5.42. The molecule has 0 aromatic carbocycles. The Balaban J connectivity index is 3.94. The van der Waals surface area contributed by atoms with E-state index in [1.165, 1.54) is 51.4 Å². The molecule has 0 aliphatic carbocycles. The van der Waals surface area contributed by atoms with E-state index >= 15 is 0 Å². The fourth-order valence-electron chi connectivity index (χ4n) is 3.57. The molecule has 0 rings (SSSR count). The molecule has 0 aliphatic rings. The predicted octanol–water partition coefficient (Wildman–Crippen LogP) is 7.29. The molecule has 0 amide bonds. The van der Waals surface area contributed by atoms with Gasteiger partial charge in [0.2, 0.25) is 0 Å². The topological polar surface area (TPSA) is 63.6 Å². The Bertz CT molecular complexity index is 368. The van der Waals surface area contributed by atoms with E-state index in [4.69, 9.17) is 9.84 Å². The number of rotatable bonds is 21. The van der Waals surface area contributed by atoms with E-state index in [-0.39, 0.29) is 18.3 Å². The molecule has 166 valence electrons. The van der Waals surface area contributed by atoms with Crippen LogP contribution in [-0.4, -0.2) is 23.7 Å². The second-order valence-electron chi connectivity index (χ2n) is 8.18. The van der Waals surface area contributed by atoms with Crippen molar-refractivity contribution in [2.45, 2.75) is 129 Å². The zero-order valence-electron chi connectivity index (χ0n) is 18.7. The molecular weight excluding hydrogens is 352 g/mol. The fourth-order valence-corrected chi connectivity index (χ4v) is 3.57. The van der Waals surface area contributed by atoms with Gasteiger partial charge in [-0.1, -0.05) is 97.3 Å². The van der Waals surface area contributed by atoms with Gasteiger partial charge in [0.1, 0.15) is 0 Å². The van der Waals surface area contributed by atoms with Gasteiger partial charge in [-0.05, 0) is 25.7 Å². The summed E-state index contributed by atoms with van der Waals surface area (Å²) in [6.45, 7) is 4.96. The number of aliphatic carboxylic acids is 1. The number of carbonyl (C=O) groups is 2. The lowest BCUT2D eigenvalue weighted by Crippen LogP contribution is -2.18. The highest BCUT2D eigenvalue weighted by Crippen LogP contribution is 2.20. The van der Waals surface area contributed by atoms with Crippen molar-refractivity contribution in [1.82, 2.24) is 0 Å². The van der Waals surface area contributed by atoms with Gasteiger partial charge in [-0.3, -0.25) is 9.59 Å². The number of hydrogen-bond acceptors (Lipinski definition) is 3. The average molecular weight is 399 g/mol. The van der Waals surface area contributed by atoms with Gasteiger partial charge in [-0.25, -0.2) is 0 Å². The Morgan fingerprint density at radius 3 is 1.71 bits per heavy atom. The normalized spacial score (nSPS) is 12.1. The standard InChI is InChI=1S/C24H46O4/c1-3-5-7-9-11-15-19-22(18-14-8-6-4-2)24(27)28-21-17-13-10-12-16-20-23(25)26/h22H,3-21H2,1-2H3,(H,25,26). The van der Waals surface area contributed by atoms with Gasteiger partial charge in [0, 0.05) is 6.42 Å². The van der Waals surface area contributed by atoms with Gasteiger partial charge in [0.25, 0.3) is 0 Å². The molecule has 0 aromatic heterocycles. The minimum atomic E-state index is -0.718. The first-order chi connectivity index (χ1) is 13.6. The first-order valence-electron chi connectivity index (χ1n) is 12.0. The minimum Gasteiger partial charge on any atom is -0.481 e. The highest BCUT2D eigenvalue weighted by molar-refractivity contribution is 5.72. The second-order valence-corrected chi connectivity index (χ2v) is 8.18. The minimum absolute atomic E-state index is 0.0101. The molecule has 1 unspecified atom stereocenters. The number of carboxylic acid groups (broad SMARTS) is 1. The Hall–Kier alpha value is -1.06. The van der Waals surface area contributed by atoms with Crippen LogP contribution in [0.4, 0.5) is 0 Å². The molecule has 0 aromatic rings. The maximum Gasteiger partial charge on any atom is 0.308 e. The van der Waals surface area contributed by atoms with Crippen molar-refractivity contribution < 1.29 is 19.4 Å². The van der Waals surface area contributed by atoms with Crippen LogP contribution in [-0.2, 0) is 14.3 Å². The zero-order chi connectivity index (χ0) is 20.9. The summed E-state index contributed by atoms with van der Waals surface area (Å²) in [6.07, 6.45) is 19.2. The van der Waals surface area contributed by atoms with E-state index in [1.807, 2.05) is 0 Å². The van der Waals surface area contributed by atoms with E-state index in [0.717, 1.165) is 57.8 Å². The van der Waals surface area contributed by atoms with Gasteiger partial charge in [-0.15, -0.1) is 0 Å². The third-order valence-corrected chi connectivity index (χ3v) is 5.42. The maximum atomic E-state index is 12.5. The van der Waals surface area contributed by atoms with Crippen LogP contribution in [0.15, 0.2) is 0 Å². The molecule has 28 heavy (non-hydrogen) atoms. The summed E-state index contributed by atoms with van der Waals surface area (Å²) in [5, 5.41) is 8.62. The average Bonchev–Trinajstić information content (AvgIpc) is 2.67. The van der Waals surface area contributed by atoms with Crippen molar-refractivity contribution in [2.24, 2.45) is 5.92 Å². The fraction of sp³-hybridized carbons (Fsp3) is 0.917. The first kappa shape index (κ1) is 26.9. The van der Waals surface area contributed by atoms with Crippen LogP contribution in [0.2, 0.25) is 0 Å². The number of carboxylic acids is 1. The highest BCUT2D eigenvalue weighted by atomic mass is 16.5. The van der Waals surface area contributed by atoms with Crippen LogP contribution >= 0.6 is 0 Å². The van der Waals surface area contributed by atoms with Crippen molar-refractivity contribution in [1.29, 1.82) is 0 Å². The summed E-state index contributed by atoms with van der Waals surface area (Å²) < 4.78 is 5.57. The molecule has 1 atom stereocenters. The summed E-state index contributed by atoms with van der Waals surface area (Å²) in [6, 6.07) is 0. The Morgan fingerprint density at radius 1 is 0.679 bits per heavy atom. The van der Waals surface area contributed by atoms with Crippen LogP contribution < -0.4 is 0 Å². The van der Waals surface area contributed by atoms with Gasteiger partial charge in [-0.2, -0.15) is 0 Å². The monoisotopic (exact) mass is 398 g/mol. The van der Waals surface area contributed by atoms with Crippen LogP contribution in [0.25, 0.3) is 0 Å². The van der Waals surface area contributed by atoms with Crippen molar-refractivity contribution in [3.8, 4) is 0 Å². The molecule has 0 bridgehead atoms. The van der Waals surface area contributed by atoms with E-state index in [1.54, 1.807) is 0 Å². The first-order valence-corrected chi connectivity index (χ1v) is 12.0. The van der Waals surface area contributed by atoms with Crippen LogP contribution in [0.3, 0.4) is 0 Å². The predicted molar refractivity (Wildman–Crippen MR) is 117 cm³/mol. The lowest BCUT2D eigenvalue weighted by Gasteiger charge is -2.16. The summed E-state index contributed by atoms with van der Waals surface area (Å²) >= 11 is 0. The van der Waals surface area contributed by atoms with Crippen molar-refractivity contribution >= 4 is 11.9 Å². The molecule has 4 heteroatoms. The zero-order valence-corrected chi connectivity index (χ0v) is 18.7. The summed E-state index contributed by atoms with van der Waals surface area (Å²) in [5.41, 5.74) is 0. The molecule has 0 saturated heterocycles. The molecule has 0 saturated carbocycles. The summed E-state index contributed by atoms with van der Waals surface area (Å²) in [4.78, 5) is 23.0. The molecule has 0 spiro atoms. The molecule has 0 aliphatic heterocycles. The van der Waals surface area contributed by atoms with Crippen molar-refractivity contribution in [3.05, 3.63) is 0 Å².